The first-order valence-corrected chi connectivity index (χ1v) is 4.75. The molecule has 1 aromatic carbocycles. The molecule has 0 N–H and O–H groups in total. The van der Waals surface area contributed by atoms with Crippen molar-refractivity contribution in [3.63, 3.8) is 0 Å². The molecule has 0 amide bonds. The van der Waals surface area contributed by atoms with Gasteiger partial charge in [-0.3, -0.25) is 0 Å². The van der Waals surface area contributed by atoms with E-state index in [2.05, 4.69) is 31.9 Å². The number of ether oxygens (including phenoxy) is 1. The molecule has 0 bridgehead atoms. The lowest BCUT2D eigenvalue weighted by molar-refractivity contribution is 0.184. The molecule has 0 aromatic heterocycles. The highest BCUT2D eigenvalue weighted by molar-refractivity contribution is 9.11. The molecule has 0 fully saturated rings. The Kier molecular flexibility index (Phi) is 3.55. The minimum absolute atomic E-state index is 0.639. The molecular formula is C8H8Br2O. The van der Waals surface area contributed by atoms with Crippen molar-refractivity contribution in [1.82, 2.24) is 0 Å². The van der Waals surface area contributed by atoms with E-state index < -0.39 is 0 Å². The van der Waals surface area contributed by atoms with Crippen molar-refractivity contribution in [2.45, 2.75) is 6.61 Å². The van der Waals surface area contributed by atoms with E-state index in [1.165, 1.54) is 0 Å². The molecule has 1 nitrogen and oxygen atoms in total. The van der Waals surface area contributed by atoms with E-state index in [0.29, 0.717) is 6.61 Å². The SMILES string of the molecule is COCc1cc(Br)ccc1Br. The number of hydrogen-bond acceptors (Lipinski definition) is 1. The van der Waals surface area contributed by atoms with Crippen LogP contribution >= 0.6 is 31.9 Å². The first-order valence-electron chi connectivity index (χ1n) is 3.17. The van der Waals surface area contributed by atoms with Crippen LogP contribution in [0.25, 0.3) is 0 Å². The zero-order valence-electron chi connectivity index (χ0n) is 6.10. The second-order valence-corrected chi connectivity index (χ2v) is 3.94. The molecule has 0 spiro atoms. The second kappa shape index (κ2) is 4.24. The van der Waals surface area contributed by atoms with Crippen molar-refractivity contribution < 1.29 is 4.74 Å². The summed E-state index contributed by atoms with van der Waals surface area (Å²) in [5.74, 6) is 0. The number of halogens is 2. The van der Waals surface area contributed by atoms with Gasteiger partial charge in [-0.2, -0.15) is 0 Å². The molecule has 0 heterocycles. The molecular weight excluding hydrogens is 272 g/mol. The van der Waals surface area contributed by atoms with E-state index in [4.69, 9.17) is 4.74 Å². The van der Waals surface area contributed by atoms with Gasteiger partial charge in [-0.05, 0) is 23.8 Å². The third kappa shape index (κ3) is 2.58. The van der Waals surface area contributed by atoms with Crippen LogP contribution in [-0.4, -0.2) is 7.11 Å². The van der Waals surface area contributed by atoms with Gasteiger partial charge in [0.1, 0.15) is 0 Å². The van der Waals surface area contributed by atoms with Crippen LogP contribution in [-0.2, 0) is 11.3 Å². The quantitative estimate of drug-likeness (QED) is 0.807. The van der Waals surface area contributed by atoms with Gasteiger partial charge in [-0.25, -0.2) is 0 Å². The minimum atomic E-state index is 0.639. The van der Waals surface area contributed by atoms with Gasteiger partial charge in [0, 0.05) is 16.1 Å². The van der Waals surface area contributed by atoms with Crippen LogP contribution in [0.1, 0.15) is 5.56 Å². The molecule has 1 aromatic rings. The predicted octanol–water partition coefficient (Wildman–Crippen LogP) is 3.36. The summed E-state index contributed by atoms with van der Waals surface area (Å²) in [5.41, 5.74) is 1.15. The van der Waals surface area contributed by atoms with Gasteiger partial charge < -0.3 is 4.74 Å². The Morgan fingerprint density at radius 1 is 1.36 bits per heavy atom. The summed E-state index contributed by atoms with van der Waals surface area (Å²) in [7, 11) is 1.69. The van der Waals surface area contributed by atoms with Crippen molar-refractivity contribution in [2.75, 3.05) is 7.11 Å². The Morgan fingerprint density at radius 2 is 2.09 bits per heavy atom. The number of benzene rings is 1. The highest BCUT2D eigenvalue weighted by Crippen LogP contribution is 2.21. The second-order valence-electron chi connectivity index (χ2n) is 2.17. The summed E-state index contributed by atoms with van der Waals surface area (Å²) in [6, 6.07) is 6.02. The van der Waals surface area contributed by atoms with Crippen LogP contribution in [0.15, 0.2) is 27.1 Å². The first kappa shape index (κ1) is 9.23. The zero-order chi connectivity index (χ0) is 8.27. The Labute approximate surface area is 83.0 Å². The topological polar surface area (TPSA) is 9.23 Å². The summed E-state index contributed by atoms with van der Waals surface area (Å²) in [4.78, 5) is 0. The van der Waals surface area contributed by atoms with E-state index in [0.717, 1.165) is 14.5 Å². The van der Waals surface area contributed by atoms with Crippen LogP contribution in [0.5, 0.6) is 0 Å². The van der Waals surface area contributed by atoms with Gasteiger partial charge in [0.2, 0.25) is 0 Å². The Bertz CT molecular complexity index is 248. The van der Waals surface area contributed by atoms with Gasteiger partial charge in [-0.1, -0.05) is 31.9 Å². The van der Waals surface area contributed by atoms with Gasteiger partial charge in [0.15, 0.2) is 0 Å². The highest BCUT2D eigenvalue weighted by Gasteiger charge is 1.98. The third-order valence-electron chi connectivity index (χ3n) is 1.31. The summed E-state index contributed by atoms with van der Waals surface area (Å²) in [6.45, 7) is 0.639. The summed E-state index contributed by atoms with van der Waals surface area (Å²) in [6.07, 6.45) is 0. The van der Waals surface area contributed by atoms with Crippen molar-refractivity contribution in [1.29, 1.82) is 0 Å². The van der Waals surface area contributed by atoms with Crippen LogP contribution in [0, 0.1) is 0 Å². The van der Waals surface area contributed by atoms with E-state index >= 15 is 0 Å². The molecule has 1 rings (SSSR count). The molecule has 0 aliphatic heterocycles. The summed E-state index contributed by atoms with van der Waals surface area (Å²) in [5, 5.41) is 0. The van der Waals surface area contributed by atoms with Gasteiger partial charge in [0.25, 0.3) is 0 Å². The fourth-order valence-electron chi connectivity index (χ4n) is 0.809. The minimum Gasteiger partial charge on any atom is -0.380 e. The smallest absolute Gasteiger partial charge is 0.0724 e. The molecule has 0 radical (unpaired) electrons. The van der Waals surface area contributed by atoms with Crippen LogP contribution in [0.4, 0.5) is 0 Å². The fourth-order valence-corrected chi connectivity index (χ4v) is 1.58. The molecule has 0 aliphatic carbocycles. The normalized spacial score (nSPS) is 10.1. The van der Waals surface area contributed by atoms with E-state index in [1.807, 2.05) is 18.2 Å². The van der Waals surface area contributed by atoms with E-state index in [9.17, 15) is 0 Å². The Hall–Kier alpha value is 0.140. The van der Waals surface area contributed by atoms with Gasteiger partial charge in [-0.15, -0.1) is 0 Å². The maximum atomic E-state index is 5.01. The molecule has 11 heavy (non-hydrogen) atoms. The largest absolute Gasteiger partial charge is 0.380 e. The van der Waals surface area contributed by atoms with Crippen LogP contribution < -0.4 is 0 Å². The number of hydrogen-bond donors (Lipinski definition) is 0. The maximum Gasteiger partial charge on any atom is 0.0724 e. The average molecular weight is 280 g/mol. The number of rotatable bonds is 2. The fraction of sp³-hybridized carbons (Fsp3) is 0.250. The zero-order valence-corrected chi connectivity index (χ0v) is 9.28. The maximum absolute atomic E-state index is 5.01. The molecule has 0 unspecified atom stereocenters. The van der Waals surface area contributed by atoms with Crippen molar-refractivity contribution in [3.05, 3.63) is 32.7 Å². The van der Waals surface area contributed by atoms with Crippen molar-refractivity contribution in [3.8, 4) is 0 Å². The van der Waals surface area contributed by atoms with Crippen molar-refractivity contribution in [2.24, 2.45) is 0 Å². The molecule has 0 saturated carbocycles. The van der Waals surface area contributed by atoms with E-state index in [-0.39, 0.29) is 0 Å². The number of methoxy groups -OCH3 is 1. The molecule has 0 aliphatic rings. The Morgan fingerprint density at radius 3 is 2.73 bits per heavy atom. The molecule has 60 valence electrons. The lowest BCUT2D eigenvalue weighted by atomic mass is 10.2. The van der Waals surface area contributed by atoms with Crippen molar-refractivity contribution >= 4 is 31.9 Å². The predicted molar refractivity (Wildman–Crippen MR) is 52.6 cm³/mol. The van der Waals surface area contributed by atoms with Crippen LogP contribution in [0.3, 0.4) is 0 Å². The molecule has 0 atom stereocenters. The Balaban J connectivity index is 2.93. The standard InChI is InChI=1S/C8H8Br2O/c1-11-5-6-4-7(9)2-3-8(6)10/h2-4H,5H2,1H3. The summed E-state index contributed by atoms with van der Waals surface area (Å²) < 4.78 is 7.18. The van der Waals surface area contributed by atoms with Gasteiger partial charge >= 0.3 is 0 Å². The third-order valence-corrected chi connectivity index (χ3v) is 2.57. The first-order chi connectivity index (χ1) is 5.24. The van der Waals surface area contributed by atoms with Gasteiger partial charge in [0.05, 0.1) is 6.61 Å². The monoisotopic (exact) mass is 278 g/mol. The summed E-state index contributed by atoms with van der Waals surface area (Å²) >= 11 is 6.82. The molecule has 3 heteroatoms. The average Bonchev–Trinajstić information content (AvgIpc) is 1.98. The molecule has 0 saturated heterocycles. The lowest BCUT2D eigenvalue weighted by Gasteiger charge is -2.02. The van der Waals surface area contributed by atoms with Crippen LogP contribution in [0.2, 0.25) is 0 Å². The van der Waals surface area contributed by atoms with E-state index in [1.54, 1.807) is 7.11 Å². The highest BCUT2D eigenvalue weighted by atomic mass is 79.9. The lowest BCUT2D eigenvalue weighted by Crippen LogP contribution is -1.88.